The fourth-order valence-electron chi connectivity index (χ4n) is 7.95. The van der Waals surface area contributed by atoms with Gasteiger partial charge in [0.25, 0.3) is 0 Å². The lowest BCUT2D eigenvalue weighted by molar-refractivity contribution is 1.08. The molecule has 9 aromatic carbocycles. The van der Waals surface area contributed by atoms with Gasteiger partial charge in [0.15, 0.2) is 17.5 Å². The molecule has 0 amide bonds. The molecule has 0 aliphatic heterocycles. The minimum Gasteiger partial charge on any atom is -0.208 e. The van der Waals surface area contributed by atoms with E-state index < -0.39 is 0 Å². The van der Waals surface area contributed by atoms with Crippen molar-refractivity contribution in [3.05, 3.63) is 176 Å². The first-order valence-corrected chi connectivity index (χ1v) is 18.7. The highest BCUT2D eigenvalue weighted by Crippen LogP contribution is 2.48. The van der Waals surface area contributed by atoms with E-state index in [1.54, 1.807) is 0 Å². The smallest absolute Gasteiger partial charge is 0.164 e. The highest BCUT2D eigenvalue weighted by Gasteiger charge is 2.20. The third-order valence-corrected chi connectivity index (χ3v) is 11.7. The van der Waals surface area contributed by atoms with Crippen molar-refractivity contribution in [2.75, 3.05) is 0 Å². The number of fused-ring (bicyclic) bond motifs is 10. The Morgan fingerprint density at radius 3 is 1.62 bits per heavy atom. The molecular weight excluding hydrogens is 663 g/mol. The van der Waals surface area contributed by atoms with Crippen molar-refractivity contribution < 1.29 is 0 Å². The van der Waals surface area contributed by atoms with Crippen molar-refractivity contribution in [1.29, 1.82) is 0 Å². The van der Waals surface area contributed by atoms with E-state index in [0.717, 1.165) is 27.5 Å². The van der Waals surface area contributed by atoms with Crippen LogP contribution in [0.15, 0.2) is 176 Å². The predicted octanol–water partition coefficient (Wildman–Crippen LogP) is 13.5. The van der Waals surface area contributed by atoms with Crippen LogP contribution >= 0.6 is 11.3 Å². The van der Waals surface area contributed by atoms with E-state index in [-0.39, 0.29) is 0 Å². The van der Waals surface area contributed by atoms with Crippen molar-refractivity contribution in [2.45, 2.75) is 0 Å². The van der Waals surface area contributed by atoms with Gasteiger partial charge in [0.1, 0.15) is 0 Å². The maximum absolute atomic E-state index is 5.11. The van der Waals surface area contributed by atoms with Crippen LogP contribution in [0.25, 0.3) is 109 Å². The van der Waals surface area contributed by atoms with Crippen molar-refractivity contribution >= 4 is 74.6 Å². The summed E-state index contributed by atoms with van der Waals surface area (Å²) in [6.07, 6.45) is 0. The molecule has 11 aromatic rings. The molecule has 0 aliphatic rings. The first kappa shape index (κ1) is 29.9. The molecule has 11 rings (SSSR count). The number of aromatic nitrogens is 3. The van der Waals surface area contributed by atoms with Crippen LogP contribution in [-0.4, -0.2) is 15.0 Å². The van der Waals surface area contributed by atoms with Gasteiger partial charge in [-0.25, -0.2) is 15.0 Å². The SMILES string of the molecule is c1ccc(-c2nc(-c3ccccc3)nc(-c3cccc4ccc(-c5cc6ccc7ccccc7c6c6sc7c8ccccc8ccc7c56)cc34)n2)cc1. The first-order chi connectivity index (χ1) is 26.3. The van der Waals surface area contributed by atoms with Crippen LogP contribution in [0.3, 0.4) is 0 Å². The normalized spacial score (nSPS) is 11.8. The Hall–Kier alpha value is -6.75. The molecule has 0 spiro atoms. The van der Waals surface area contributed by atoms with Gasteiger partial charge < -0.3 is 0 Å². The molecule has 0 unspecified atom stereocenters. The number of thiophene rings is 1. The lowest BCUT2D eigenvalue weighted by atomic mass is 9.91. The molecule has 0 atom stereocenters. The Morgan fingerprint density at radius 1 is 0.302 bits per heavy atom. The third-order valence-electron chi connectivity index (χ3n) is 10.5. The van der Waals surface area contributed by atoms with E-state index in [1.165, 1.54) is 63.6 Å². The number of benzene rings is 9. The topological polar surface area (TPSA) is 38.7 Å². The third kappa shape index (κ3) is 4.84. The van der Waals surface area contributed by atoms with Gasteiger partial charge in [0, 0.05) is 42.2 Å². The van der Waals surface area contributed by atoms with E-state index in [0.29, 0.717) is 17.5 Å². The lowest BCUT2D eigenvalue weighted by Crippen LogP contribution is -2.00. The molecule has 0 bridgehead atoms. The van der Waals surface area contributed by atoms with Gasteiger partial charge in [-0.15, -0.1) is 11.3 Å². The summed E-state index contributed by atoms with van der Waals surface area (Å²) in [7, 11) is 0. The van der Waals surface area contributed by atoms with Gasteiger partial charge in [0.2, 0.25) is 0 Å². The summed E-state index contributed by atoms with van der Waals surface area (Å²) >= 11 is 1.92. The van der Waals surface area contributed by atoms with Gasteiger partial charge in [-0.1, -0.05) is 164 Å². The molecule has 3 nitrogen and oxygen atoms in total. The fourth-order valence-corrected chi connectivity index (χ4v) is 9.38. The van der Waals surface area contributed by atoms with Gasteiger partial charge in [0.05, 0.1) is 0 Å². The monoisotopic (exact) mass is 691 g/mol. The van der Waals surface area contributed by atoms with Gasteiger partial charge in [-0.2, -0.15) is 0 Å². The quantitative estimate of drug-likeness (QED) is 0.172. The maximum atomic E-state index is 5.11. The van der Waals surface area contributed by atoms with E-state index >= 15 is 0 Å². The van der Waals surface area contributed by atoms with E-state index in [2.05, 4.69) is 140 Å². The molecule has 2 heterocycles. The number of rotatable bonds is 4. The van der Waals surface area contributed by atoms with Crippen molar-refractivity contribution in [3.63, 3.8) is 0 Å². The summed E-state index contributed by atoms with van der Waals surface area (Å²) in [5.74, 6) is 1.97. The Labute approximate surface area is 309 Å². The summed E-state index contributed by atoms with van der Waals surface area (Å²) in [6.45, 7) is 0. The summed E-state index contributed by atoms with van der Waals surface area (Å²) in [6, 6.07) is 62.7. The molecule has 0 saturated heterocycles. The Morgan fingerprint density at radius 2 is 0.868 bits per heavy atom. The van der Waals surface area contributed by atoms with Crippen LogP contribution in [0.1, 0.15) is 0 Å². The second-order valence-corrected chi connectivity index (χ2v) is 14.6. The standard InChI is InChI=1S/C49H29N3S/c1-3-14-33(15-4-1)47-50-48(34-16-5-2-6-17-34)52-49(51-47)39-21-11-18-32-22-24-35(28-41(32)39)42-29-36-25-23-30-12-7-9-19-37(30)43(36)46-44(42)40-27-26-31-13-8-10-20-38(31)45(40)53-46/h1-29H. The van der Waals surface area contributed by atoms with Crippen LogP contribution in [-0.2, 0) is 0 Å². The number of nitrogens with zero attached hydrogens (tertiary/aromatic N) is 3. The molecule has 0 fully saturated rings. The zero-order chi connectivity index (χ0) is 34.9. The maximum Gasteiger partial charge on any atom is 0.164 e. The largest absolute Gasteiger partial charge is 0.208 e. The zero-order valence-electron chi connectivity index (χ0n) is 28.5. The average molecular weight is 692 g/mol. The molecule has 4 heteroatoms. The molecule has 0 saturated carbocycles. The molecule has 0 N–H and O–H groups in total. The summed E-state index contributed by atoms with van der Waals surface area (Å²) in [4.78, 5) is 15.2. The van der Waals surface area contributed by atoms with E-state index in [4.69, 9.17) is 15.0 Å². The summed E-state index contributed by atoms with van der Waals surface area (Å²) < 4.78 is 2.65. The predicted molar refractivity (Wildman–Crippen MR) is 224 cm³/mol. The molecule has 0 aliphatic carbocycles. The Kier molecular flexibility index (Phi) is 6.73. The van der Waals surface area contributed by atoms with Crippen LogP contribution in [0.2, 0.25) is 0 Å². The first-order valence-electron chi connectivity index (χ1n) is 17.9. The Bertz CT molecular complexity index is 3160. The van der Waals surface area contributed by atoms with Crippen LogP contribution < -0.4 is 0 Å². The fraction of sp³-hybridized carbons (Fsp3) is 0. The zero-order valence-corrected chi connectivity index (χ0v) is 29.3. The average Bonchev–Trinajstić information content (AvgIpc) is 3.64. The van der Waals surface area contributed by atoms with E-state index in [1.807, 2.05) is 47.7 Å². The molecule has 246 valence electrons. The van der Waals surface area contributed by atoms with Crippen molar-refractivity contribution in [3.8, 4) is 45.3 Å². The highest BCUT2D eigenvalue weighted by atomic mass is 32.1. The lowest BCUT2D eigenvalue weighted by Gasteiger charge is -2.13. The molecule has 53 heavy (non-hydrogen) atoms. The minimum absolute atomic E-state index is 0.656. The van der Waals surface area contributed by atoms with Gasteiger partial charge in [-0.05, 0) is 61.0 Å². The second-order valence-electron chi connectivity index (χ2n) is 13.6. The number of hydrogen-bond acceptors (Lipinski definition) is 4. The molecule has 0 radical (unpaired) electrons. The van der Waals surface area contributed by atoms with Crippen LogP contribution in [0.4, 0.5) is 0 Å². The second kappa shape index (κ2) is 11.9. The Balaban J connectivity index is 1.20. The highest BCUT2D eigenvalue weighted by molar-refractivity contribution is 7.27. The molecule has 2 aromatic heterocycles. The number of hydrogen-bond donors (Lipinski definition) is 0. The van der Waals surface area contributed by atoms with Crippen LogP contribution in [0.5, 0.6) is 0 Å². The summed E-state index contributed by atoms with van der Waals surface area (Å²) in [5.41, 5.74) is 5.28. The summed E-state index contributed by atoms with van der Waals surface area (Å²) in [5, 5.41) is 12.5. The van der Waals surface area contributed by atoms with Crippen molar-refractivity contribution in [2.24, 2.45) is 0 Å². The molecular formula is C49H29N3S. The van der Waals surface area contributed by atoms with E-state index in [9.17, 15) is 0 Å². The van der Waals surface area contributed by atoms with Gasteiger partial charge >= 0.3 is 0 Å². The minimum atomic E-state index is 0.656. The van der Waals surface area contributed by atoms with Gasteiger partial charge in [-0.3, -0.25) is 0 Å². The van der Waals surface area contributed by atoms with Crippen LogP contribution in [0, 0.1) is 0 Å². The van der Waals surface area contributed by atoms with Crippen molar-refractivity contribution in [1.82, 2.24) is 15.0 Å².